The number of carboxylic acid groups (broad SMARTS) is 1. The number of nitrogens with one attached hydrogen (secondary N) is 2. The molecular weight excluding hydrogens is 689 g/mol. The number of rotatable bonds is 8. The number of aromatic carboxylic acids is 1. The van der Waals surface area contributed by atoms with Gasteiger partial charge in [-0.1, -0.05) is 24.0 Å². The van der Waals surface area contributed by atoms with Crippen LogP contribution in [-0.4, -0.2) is 51.2 Å². The summed E-state index contributed by atoms with van der Waals surface area (Å²) in [6, 6.07) is 7.25. The monoisotopic (exact) mass is 713 g/mol. The molecule has 16 heteroatoms. The summed E-state index contributed by atoms with van der Waals surface area (Å²) >= 11 is 7.47. The molecule has 248 valence electrons. The Kier molecular flexibility index (Phi) is 10.1. The van der Waals surface area contributed by atoms with Crippen molar-refractivity contribution in [3.05, 3.63) is 80.4 Å². The van der Waals surface area contributed by atoms with E-state index in [1.54, 1.807) is 0 Å². The normalized spacial score (nSPS) is 17.7. The van der Waals surface area contributed by atoms with Crippen molar-refractivity contribution >= 4 is 69.2 Å². The highest BCUT2D eigenvalue weighted by atomic mass is 32.2. The van der Waals surface area contributed by atoms with Crippen molar-refractivity contribution < 1.29 is 45.8 Å². The molecule has 2 aliphatic heterocycles. The van der Waals surface area contributed by atoms with E-state index in [2.05, 4.69) is 10.6 Å². The first kappa shape index (κ1) is 34.6. The number of hydrogen-bond donors (Lipinski definition) is 3. The molecule has 0 saturated carbocycles. The minimum Gasteiger partial charge on any atom is -0.478 e. The predicted molar refractivity (Wildman–Crippen MR) is 171 cm³/mol. The highest BCUT2D eigenvalue weighted by molar-refractivity contribution is 8.26. The molecule has 1 aromatic heterocycles. The number of carbonyl (C=O) groups excluding carboxylic acids is 2. The van der Waals surface area contributed by atoms with E-state index in [0.717, 1.165) is 49.0 Å². The van der Waals surface area contributed by atoms with E-state index >= 15 is 0 Å². The zero-order chi connectivity index (χ0) is 34.1. The van der Waals surface area contributed by atoms with Crippen LogP contribution in [0.5, 0.6) is 0 Å². The zero-order valence-corrected chi connectivity index (χ0v) is 26.5. The average Bonchev–Trinajstić information content (AvgIpc) is 3.59. The molecule has 1 unspecified atom stereocenters. The standard InChI is InChI=1S/C31H25F6N3O4S3/c32-30(33,34)20-10-18(11-21(13-20)31(35,36)37)19-12-23(46-15-19)14-25-27(42)40(29(45)47-25)24(9-16-5-7-38-8-6-16)26(41)39-22-3-1-17(2-4-22)28(43)44/h1-4,10-16,24,38H,5-9H2,(H,39,41)(H,43,44). The molecule has 3 heterocycles. The second-order valence-electron chi connectivity index (χ2n) is 10.9. The topological polar surface area (TPSA) is 98.7 Å². The summed E-state index contributed by atoms with van der Waals surface area (Å²) < 4.78 is 80.5. The maximum Gasteiger partial charge on any atom is 0.416 e. The highest BCUT2D eigenvalue weighted by Gasteiger charge is 2.42. The molecule has 0 spiro atoms. The second kappa shape index (κ2) is 13.8. The van der Waals surface area contributed by atoms with Crippen molar-refractivity contribution in [2.75, 3.05) is 18.4 Å². The van der Waals surface area contributed by atoms with Crippen LogP contribution in [0.15, 0.2) is 58.8 Å². The number of halogens is 6. The maximum absolute atomic E-state index is 13.7. The van der Waals surface area contributed by atoms with Gasteiger partial charge in [-0.25, -0.2) is 4.79 Å². The van der Waals surface area contributed by atoms with Crippen molar-refractivity contribution in [3.8, 4) is 11.1 Å². The van der Waals surface area contributed by atoms with E-state index in [9.17, 15) is 40.7 Å². The largest absolute Gasteiger partial charge is 0.478 e. The van der Waals surface area contributed by atoms with Gasteiger partial charge in [0.05, 0.1) is 21.6 Å². The number of piperidine rings is 1. The van der Waals surface area contributed by atoms with Crippen molar-refractivity contribution in [3.63, 3.8) is 0 Å². The Morgan fingerprint density at radius 3 is 2.19 bits per heavy atom. The first-order chi connectivity index (χ1) is 22.1. The predicted octanol–water partition coefficient (Wildman–Crippen LogP) is 7.75. The van der Waals surface area contributed by atoms with Crippen molar-refractivity contribution in [1.82, 2.24) is 10.2 Å². The van der Waals surface area contributed by atoms with Gasteiger partial charge < -0.3 is 15.7 Å². The number of amides is 2. The third kappa shape index (κ3) is 8.23. The Balaban J connectivity index is 1.41. The molecule has 2 amide bonds. The first-order valence-corrected chi connectivity index (χ1v) is 16.2. The Morgan fingerprint density at radius 2 is 1.62 bits per heavy atom. The van der Waals surface area contributed by atoms with Gasteiger partial charge in [0.1, 0.15) is 10.4 Å². The lowest BCUT2D eigenvalue weighted by Gasteiger charge is -2.31. The van der Waals surface area contributed by atoms with Gasteiger partial charge in [0, 0.05) is 10.6 Å². The van der Waals surface area contributed by atoms with Gasteiger partial charge in [0.2, 0.25) is 5.91 Å². The average molecular weight is 714 g/mol. The molecular formula is C31H25F6N3O4S3. The Hall–Kier alpha value is -3.73. The molecule has 5 rings (SSSR count). The van der Waals surface area contributed by atoms with Gasteiger partial charge in [0.15, 0.2) is 0 Å². The van der Waals surface area contributed by atoms with Crippen LogP contribution in [0.3, 0.4) is 0 Å². The summed E-state index contributed by atoms with van der Waals surface area (Å²) in [7, 11) is 0. The van der Waals surface area contributed by atoms with Gasteiger partial charge >= 0.3 is 18.3 Å². The third-order valence-electron chi connectivity index (χ3n) is 7.67. The molecule has 2 saturated heterocycles. The van der Waals surface area contributed by atoms with Crippen LogP contribution in [0, 0.1) is 5.92 Å². The summed E-state index contributed by atoms with van der Waals surface area (Å²) in [5.41, 5.74) is -2.71. The number of nitrogens with zero attached hydrogens (tertiary/aromatic N) is 1. The SMILES string of the molecule is O=C(O)c1ccc(NC(=O)C(CC2CCNCC2)N2C(=O)C(=Cc3cc(-c4cc(C(F)(F)F)cc(C(F)(F)F)c4)cs3)SC2=S)cc1. The maximum atomic E-state index is 13.7. The van der Waals surface area contributed by atoms with Crippen molar-refractivity contribution in [2.45, 2.75) is 37.7 Å². The van der Waals surface area contributed by atoms with Crippen molar-refractivity contribution in [2.24, 2.45) is 5.92 Å². The van der Waals surface area contributed by atoms with Crippen LogP contribution in [0.2, 0.25) is 0 Å². The molecule has 47 heavy (non-hydrogen) atoms. The van der Waals surface area contributed by atoms with Gasteiger partial charge in [-0.2, -0.15) is 26.3 Å². The number of thiocarbonyl (C=S) groups is 1. The molecule has 0 aliphatic carbocycles. The first-order valence-electron chi connectivity index (χ1n) is 14.1. The number of alkyl halides is 6. The fraction of sp³-hybridized carbons (Fsp3) is 0.290. The third-order valence-corrected chi connectivity index (χ3v) is 9.88. The number of hydrogen-bond acceptors (Lipinski definition) is 7. The number of benzene rings is 2. The minimum absolute atomic E-state index is 0.0296. The fourth-order valence-corrected chi connectivity index (χ4v) is 7.53. The van der Waals surface area contributed by atoms with Gasteiger partial charge in [0.25, 0.3) is 5.91 Å². The number of carboxylic acids is 1. The fourth-order valence-electron chi connectivity index (χ4n) is 5.26. The number of anilines is 1. The van der Waals surface area contributed by atoms with Gasteiger partial charge in [-0.15, -0.1) is 11.3 Å². The zero-order valence-electron chi connectivity index (χ0n) is 24.1. The number of carbonyl (C=O) groups is 3. The van der Waals surface area contributed by atoms with E-state index in [4.69, 9.17) is 17.3 Å². The van der Waals surface area contributed by atoms with Gasteiger partial charge in [-0.05, 0) is 109 Å². The lowest BCUT2D eigenvalue weighted by molar-refractivity contribution is -0.143. The summed E-state index contributed by atoms with van der Waals surface area (Å²) in [5.74, 6) is -2.12. The van der Waals surface area contributed by atoms with Crippen LogP contribution < -0.4 is 10.6 Å². The molecule has 7 nitrogen and oxygen atoms in total. The Labute approximate surface area is 278 Å². The number of thiophene rings is 1. The van der Waals surface area contributed by atoms with E-state index in [-0.39, 0.29) is 37.9 Å². The molecule has 0 bridgehead atoms. The van der Waals surface area contributed by atoms with Crippen LogP contribution >= 0.6 is 35.3 Å². The lowest BCUT2D eigenvalue weighted by Crippen LogP contribution is -2.48. The summed E-state index contributed by atoms with van der Waals surface area (Å²) in [5, 5.41) is 16.5. The smallest absolute Gasteiger partial charge is 0.416 e. The molecule has 2 fully saturated rings. The van der Waals surface area contributed by atoms with Crippen LogP contribution in [0.1, 0.15) is 45.6 Å². The van der Waals surface area contributed by atoms with Crippen LogP contribution in [-0.2, 0) is 21.9 Å². The highest BCUT2D eigenvalue weighted by Crippen LogP contribution is 2.41. The summed E-state index contributed by atoms with van der Waals surface area (Å²) in [6.07, 6.45) is -6.71. The van der Waals surface area contributed by atoms with Crippen LogP contribution in [0.25, 0.3) is 17.2 Å². The summed E-state index contributed by atoms with van der Waals surface area (Å²) in [6.45, 7) is 1.48. The quantitative estimate of drug-likeness (QED) is 0.125. The van der Waals surface area contributed by atoms with E-state index < -0.39 is 47.3 Å². The van der Waals surface area contributed by atoms with Gasteiger partial charge in [-0.3, -0.25) is 14.5 Å². The molecule has 3 aromatic rings. The summed E-state index contributed by atoms with van der Waals surface area (Å²) in [4.78, 5) is 40.3. The molecule has 0 radical (unpaired) electrons. The number of thioether (sulfide) groups is 1. The Bertz CT molecular complexity index is 1700. The molecule has 3 N–H and O–H groups in total. The van der Waals surface area contributed by atoms with Crippen LogP contribution in [0.4, 0.5) is 32.0 Å². The van der Waals surface area contributed by atoms with E-state index in [0.29, 0.717) is 29.1 Å². The lowest BCUT2D eigenvalue weighted by atomic mass is 9.90. The molecule has 2 aliphatic rings. The van der Waals surface area contributed by atoms with Crippen molar-refractivity contribution in [1.29, 1.82) is 0 Å². The second-order valence-corrected chi connectivity index (χ2v) is 13.5. The van der Waals surface area contributed by atoms with E-state index in [1.807, 2.05) is 0 Å². The Morgan fingerprint density at radius 1 is 1.00 bits per heavy atom. The minimum atomic E-state index is -5.00. The van der Waals surface area contributed by atoms with E-state index in [1.165, 1.54) is 46.7 Å². The molecule has 2 aromatic carbocycles. The molecule has 1 atom stereocenters.